The van der Waals surface area contributed by atoms with Gasteiger partial charge in [0.2, 0.25) is 5.56 Å². The van der Waals surface area contributed by atoms with Gasteiger partial charge < -0.3 is 25.4 Å². The number of nitrogens with zero attached hydrogens (tertiary/aromatic N) is 3. The van der Waals surface area contributed by atoms with E-state index < -0.39 is 34.3 Å². The lowest BCUT2D eigenvalue weighted by molar-refractivity contribution is -0.384. The SMILES string of the molecule is CN1CCN(C(=O)c2cc(Br)cc([N+](=O)[O-])c2N[C@@H]2CCCC[C@@H]2NC(=O)c2cc(=O)[nH]c3cc(F)ccc23)CC1. The van der Waals surface area contributed by atoms with Crippen molar-refractivity contribution in [1.29, 1.82) is 0 Å². The summed E-state index contributed by atoms with van der Waals surface area (Å²) in [4.78, 5) is 57.2. The Morgan fingerprint density at radius 2 is 1.76 bits per heavy atom. The minimum atomic E-state index is -0.541. The molecule has 2 aliphatic rings. The number of aromatic nitrogens is 1. The predicted octanol–water partition coefficient (Wildman–Crippen LogP) is 3.88. The summed E-state index contributed by atoms with van der Waals surface area (Å²) in [5, 5.41) is 18.8. The van der Waals surface area contributed by atoms with Gasteiger partial charge in [-0.25, -0.2) is 4.39 Å². The first-order chi connectivity index (χ1) is 19.6. The van der Waals surface area contributed by atoms with Gasteiger partial charge in [-0.3, -0.25) is 24.5 Å². The molecule has 2 heterocycles. The van der Waals surface area contributed by atoms with Crippen LogP contribution in [0.15, 0.2) is 45.7 Å². The number of piperazine rings is 1. The number of pyridine rings is 1. The van der Waals surface area contributed by atoms with Crippen LogP contribution in [0.4, 0.5) is 15.8 Å². The van der Waals surface area contributed by atoms with E-state index in [9.17, 15) is 28.9 Å². The van der Waals surface area contributed by atoms with Gasteiger partial charge in [-0.15, -0.1) is 0 Å². The first kappa shape index (κ1) is 28.7. The number of carbonyl (C=O) groups is 2. The van der Waals surface area contributed by atoms with E-state index >= 15 is 0 Å². The number of H-pyrrole nitrogens is 1. The molecule has 1 aliphatic heterocycles. The molecule has 2 aromatic carbocycles. The highest BCUT2D eigenvalue weighted by Gasteiger charge is 2.33. The molecule has 0 spiro atoms. The lowest BCUT2D eigenvalue weighted by atomic mass is 9.89. The predicted molar refractivity (Wildman–Crippen MR) is 156 cm³/mol. The van der Waals surface area contributed by atoms with E-state index in [1.54, 1.807) is 11.0 Å². The number of aromatic amines is 1. The largest absolute Gasteiger partial charge is 0.374 e. The van der Waals surface area contributed by atoms with Gasteiger partial charge in [0.1, 0.15) is 11.5 Å². The number of likely N-dealkylation sites (N-methyl/N-ethyl adjacent to an activating group) is 1. The third-order valence-electron chi connectivity index (χ3n) is 7.76. The van der Waals surface area contributed by atoms with Crippen molar-refractivity contribution >= 4 is 50.0 Å². The van der Waals surface area contributed by atoms with E-state index in [4.69, 9.17) is 0 Å². The molecule has 5 rings (SSSR count). The van der Waals surface area contributed by atoms with Crippen molar-refractivity contribution in [3.63, 3.8) is 0 Å². The third-order valence-corrected chi connectivity index (χ3v) is 8.22. The maximum atomic E-state index is 13.8. The fourth-order valence-corrected chi connectivity index (χ4v) is 6.01. The molecule has 0 unspecified atom stereocenters. The summed E-state index contributed by atoms with van der Waals surface area (Å²) in [7, 11) is 1.98. The molecule has 1 aromatic heterocycles. The van der Waals surface area contributed by atoms with E-state index in [0.717, 1.165) is 18.9 Å². The number of nitro groups is 1. The van der Waals surface area contributed by atoms with Crippen LogP contribution in [0.3, 0.4) is 0 Å². The van der Waals surface area contributed by atoms with E-state index in [0.29, 0.717) is 48.9 Å². The van der Waals surface area contributed by atoms with Crippen LogP contribution < -0.4 is 16.2 Å². The number of nitrogens with one attached hydrogen (secondary N) is 3. The zero-order valence-electron chi connectivity index (χ0n) is 22.4. The topological polar surface area (TPSA) is 141 Å². The third kappa shape index (κ3) is 6.25. The number of hydrogen-bond acceptors (Lipinski definition) is 7. The van der Waals surface area contributed by atoms with Crippen LogP contribution in [0, 0.1) is 15.9 Å². The molecule has 13 heteroatoms. The monoisotopic (exact) mass is 628 g/mol. The van der Waals surface area contributed by atoms with Crippen LogP contribution >= 0.6 is 15.9 Å². The van der Waals surface area contributed by atoms with Crippen LogP contribution in [0.5, 0.6) is 0 Å². The quantitative estimate of drug-likeness (QED) is 0.278. The molecule has 3 N–H and O–H groups in total. The van der Waals surface area contributed by atoms with Gasteiger partial charge in [0, 0.05) is 60.3 Å². The molecule has 1 saturated carbocycles. The Kier molecular flexibility index (Phi) is 8.36. The maximum Gasteiger partial charge on any atom is 0.294 e. The van der Waals surface area contributed by atoms with Crippen LogP contribution in [0.2, 0.25) is 0 Å². The van der Waals surface area contributed by atoms with Crippen molar-refractivity contribution in [2.75, 3.05) is 38.5 Å². The number of anilines is 1. The van der Waals surface area contributed by atoms with E-state index in [1.165, 1.54) is 24.3 Å². The average molecular weight is 629 g/mol. The lowest BCUT2D eigenvalue weighted by Gasteiger charge is -2.35. The highest BCUT2D eigenvalue weighted by Crippen LogP contribution is 2.36. The summed E-state index contributed by atoms with van der Waals surface area (Å²) < 4.78 is 14.2. The highest BCUT2D eigenvalue weighted by atomic mass is 79.9. The normalized spacial score (nSPS) is 19.6. The standard InChI is InChI=1S/C28H30BrFN6O5/c1-34-8-10-35(11-9-34)28(39)20-12-16(29)13-24(36(40)41)26(20)32-21-4-2-3-5-22(21)33-27(38)19-15-25(37)31-23-14-17(30)6-7-18(19)23/h6-7,12-15,21-22,32H,2-5,8-11H2,1H3,(H,31,37)(H,33,38)/t21-,22+/m1/s1. The Morgan fingerprint density at radius 1 is 1.05 bits per heavy atom. The van der Waals surface area contributed by atoms with Crippen molar-refractivity contribution in [3.05, 3.63) is 78.3 Å². The zero-order valence-corrected chi connectivity index (χ0v) is 24.0. The Labute approximate surface area is 243 Å². The number of hydrogen-bond donors (Lipinski definition) is 3. The Hall–Kier alpha value is -3.84. The van der Waals surface area contributed by atoms with Crippen LogP contribution in [-0.4, -0.2) is 76.8 Å². The molecule has 2 amide bonds. The number of halogens is 2. The molecule has 0 bridgehead atoms. The fraction of sp³-hybridized carbons (Fsp3) is 0.393. The number of carbonyl (C=O) groups excluding carboxylic acids is 2. The van der Waals surface area contributed by atoms with Gasteiger partial charge in [-0.1, -0.05) is 28.8 Å². The second-order valence-electron chi connectivity index (χ2n) is 10.6. The first-order valence-corrected chi connectivity index (χ1v) is 14.3. The van der Waals surface area contributed by atoms with Crippen LogP contribution in [-0.2, 0) is 0 Å². The smallest absolute Gasteiger partial charge is 0.294 e. The van der Waals surface area contributed by atoms with Gasteiger partial charge in [0.25, 0.3) is 17.5 Å². The van der Waals surface area contributed by atoms with Crippen molar-refractivity contribution in [3.8, 4) is 0 Å². The van der Waals surface area contributed by atoms with Crippen LogP contribution in [0.1, 0.15) is 46.4 Å². The van der Waals surface area contributed by atoms with Gasteiger partial charge in [0.05, 0.1) is 21.6 Å². The number of amides is 2. The average Bonchev–Trinajstić information content (AvgIpc) is 2.93. The van der Waals surface area contributed by atoms with Crippen LogP contribution in [0.25, 0.3) is 10.9 Å². The molecule has 2 fully saturated rings. The van der Waals surface area contributed by atoms with E-state index in [-0.39, 0.29) is 33.9 Å². The van der Waals surface area contributed by atoms with E-state index in [2.05, 4.69) is 36.4 Å². The summed E-state index contributed by atoms with van der Waals surface area (Å²) in [6, 6.07) is 7.08. The summed E-state index contributed by atoms with van der Waals surface area (Å²) in [6.07, 6.45) is 2.83. The Morgan fingerprint density at radius 3 is 2.46 bits per heavy atom. The molecular weight excluding hydrogens is 599 g/mol. The van der Waals surface area contributed by atoms with Gasteiger partial charge >= 0.3 is 0 Å². The Balaban J connectivity index is 1.45. The number of fused-ring (bicyclic) bond motifs is 1. The maximum absolute atomic E-state index is 13.8. The molecular formula is C28H30BrFN6O5. The summed E-state index contributed by atoms with van der Waals surface area (Å²) >= 11 is 3.32. The minimum Gasteiger partial charge on any atom is -0.374 e. The van der Waals surface area contributed by atoms with Gasteiger partial charge in [-0.05, 0) is 44.2 Å². The second-order valence-corrected chi connectivity index (χ2v) is 11.5. The van der Waals surface area contributed by atoms with Gasteiger partial charge in [0.15, 0.2) is 0 Å². The molecule has 216 valence electrons. The molecule has 1 aliphatic carbocycles. The summed E-state index contributed by atoms with van der Waals surface area (Å²) in [5.41, 5.74) is -0.161. The first-order valence-electron chi connectivity index (χ1n) is 13.5. The molecule has 3 aromatic rings. The molecule has 0 radical (unpaired) electrons. The summed E-state index contributed by atoms with van der Waals surface area (Å²) in [5.74, 6) is -1.35. The number of rotatable bonds is 6. The van der Waals surface area contributed by atoms with Crippen molar-refractivity contribution < 1.29 is 18.9 Å². The van der Waals surface area contributed by atoms with Crippen molar-refractivity contribution in [2.45, 2.75) is 37.8 Å². The highest BCUT2D eigenvalue weighted by molar-refractivity contribution is 9.10. The number of nitro benzene ring substituents is 1. The Bertz CT molecular complexity index is 1570. The summed E-state index contributed by atoms with van der Waals surface area (Å²) in [6.45, 7) is 2.41. The van der Waals surface area contributed by atoms with Gasteiger partial charge in [-0.2, -0.15) is 0 Å². The molecule has 1 saturated heterocycles. The minimum absolute atomic E-state index is 0.105. The van der Waals surface area contributed by atoms with Crippen molar-refractivity contribution in [1.82, 2.24) is 20.1 Å². The molecule has 41 heavy (non-hydrogen) atoms. The molecule has 2 atom stereocenters. The fourth-order valence-electron chi connectivity index (χ4n) is 5.56. The lowest BCUT2D eigenvalue weighted by Crippen LogP contribution is -2.49. The van der Waals surface area contributed by atoms with Crippen molar-refractivity contribution in [2.24, 2.45) is 0 Å². The van der Waals surface area contributed by atoms with E-state index in [1.807, 2.05) is 7.05 Å². The number of benzene rings is 2. The molecule has 11 nitrogen and oxygen atoms in total. The second kappa shape index (κ2) is 12.0. The zero-order chi connectivity index (χ0) is 29.3.